The Labute approximate surface area is 105 Å². The molecule has 0 aromatic heterocycles. The molecule has 0 aromatic carbocycles. The van der Waals surface area contributed by atoms with Crippen molar-refractivity contribution in [2.75, 3.05) is 26.0 Å². The first kappa shape index (κ1) is 13.8. The predicted octanol–water partition coefficient (Wildman–Crippen LogP) is 0.155. The fourth-order valence-electron chi connectivity index (χ4n) is 0.992. The van der Waals surface area contributed by atoms with Crippen LogP contribution in [0.4, 0.5) is 0 Å². The molecule has 0 saturated heterocycles. The number of nitrogens with zero attached hydrogens (tertiary/aromatic N) is 2. The summed E-state index contributed by atoms with van der Waals surface area (Å²) in [5, 5.41) is 4.60. The molecule has 1 aliphatic rings. The average Bonchev–Trinajstić information content (AvgIpc) is 2.55. The van der Waals surface area contributed by atoms with Crippen molar-refractivity contribution in [3.63, 3.8) is 0 Å². The van der Waals surface area contributed by atoms with Gasteiger partial charge in [0.25, 0.3) is 0 Å². The number of hydrogen-bond acceptors (Lipinski definition) is 4. The summed E-state index contributed by atoms with van der Waals surface area (Å²) in [6.45, 7) is 1.58. The first-order valence-electron chi connectivity index (χ1n) is 4.11. The van der Waals surface area contributed by atoms with Crippen molar-refractivity contribution in [2.45, 2.75) is 6.42 Å². The van der Waals surface area contributed by atoms with Crippen LogP contribution in [0.1, 0.15) is 6.42 Å². The third-order valence-corrected chi connectivity index (χ3v) is 1.78. The fourth-order valence-corrected chi connectivity index (χ4v) is 1.16. The number of rotatable bonds is 2. The summed E-state index contributed by atoms with van der Waals surface area (Å²) in [5.41, 5.74) is 2.64. The minimum absolute atomic E-state index is 0. The number of carbonyl (C=O) groups is 1. The molecule has 2 N–H and O–H groups in total. The van der Waals surface area contributed by atoms with Gasteiger partial charge < -0.3 is 5.32 Å². The van der Waals surface area contributed by atoms with Crippen molar-refractivity contribution in [1.29, 1.82) is 0 Å². The van der Waals surface area contributed by atoms with Gasteiger partial charge in [0.05, 0.1) is 6.54 Å². The fraction of sp³-hybridized carbons (Fsp3) is 0.714. The molecule has 0 fully saturated rings. The molecular formula is C7H14ClIN4O. The van der Waals surface area contributed by atoms with E-state index in [4.69, 9.17) is 11.6 Å². The molecule has 82 valence electrons. The van der Waals surface area contributed by atoms with Gasteiger partial charge in [-0.1, -0.05) is 0 Å². The summed E-state index contributed by atoms with van der Waals surface area (Å²) in [6, 6.07) is 0. The predicted molar refractivity (Wildman–Crippen MR) is 67.0 cm³/mol. The summed E-state index contributed by atoms with van der Waals surface area (Å²) in [5.74, 6) is 0.927. The first-order chi connectivity index (χ1) is 6.24. The smallest absolute Gasteiger partial charge is 0.239 e. The molecule has 1 amide bonds. The number of alkyl halides is 1. The third-order valence-electron chi connectivity index (χ3n) is 1.59. The van der Waals surface area contributed by atoms with Crippen LogP contribution in [-0.4, -0.2) is 42.9 Å². The highest BCUT2D eigenvalue weighted by molar-refractivity contribution is 14.0. The molecule has 5 nitrogen and oxygen atoms in total. The third kappa shape index (κ3) is 4.32. The number of hydrogen-bond donors (Lipinski definition) is 2. The highest BCUT2D eigenvalue weighted by atomic mass is 127. The number of aliphatic imine (C=N–C) groups is 1. The number of amides is 1. The van der Waals surface area contributed by atoms with Crippen molar-refractivity contribution in [1.82, 2.24) is 15.8 Å². The van der Waals surface area contributed by atoms with Crippen LogP contribution in [0.2, 0.25) is 0 Å². The first-order valence-corrected chi connectivity index (χ1v) is 4.65. The van der Waals surface area contributed by atoms with E-state index in [0.29, 0.717) is 18.3 Å². The molecule has 1 heterocycles. The van der Waals surface area contributed by atoms with E-state index in [-0.39, 0.29) is 29.9 Å². The lowest BCUT2D eigenvalue weighted by molar-refractivity contribution is -0.123. The Kier molecular flexibility index (Phi) is 6.98. The Morgan fingerprint density at radius 2 is 2.50 bits per heavy atom. The zero-order chi connectivity index (χ0) is 9.68. The Hall–Kier alpha value is -0.240. The van der Waals surface area contributed by atoms with Crippen molar-refractivity contribution >= 4 is 47.4 Å². The van der Waals surface area contributed by atoms with E-state index >= 15 is 0 Å². The van der Waals surface area contributed by atoms with Crippen molar-refractivity contribution in [3.05, 3.63) is 0 Å². The number of halogens is 2. The van der Waals surface area contributed by atoms with Crippen LogP contribution in [0.3, 0.4) is 0 Å². The van der Waals surface area contributed by atoms with E-state index in [2.05, 4.69) is 15.7 Å². The Balaban J connectivity index is 0.00000169. The number of hydrazine groups is 1. The van der Waals surface area contributed by atoms with E-state index in [0.717, 1.165) is 13.1 Å². The largest absolute Gasteiger partial charge is 0.353 e. The van der Waals surface area contributed by atoms with Crippen LogP contribution in [0, 0.1) is 0 Å². The summed E-state index contributed by atoms with van der Waals surface area (Å²) < 4.78 is 0. The van der Waals surface area contributed by atoms with Gasteiger partial charge in [-0.05, 0) is 0 Å². The molecule has 0 radical (unpaired) electrons. The zero-order valence-corrected chi connectivity index (χ0v) is 11.0. The van der Waals surface area contributed by atoms with Crippen LogP contribution in [-0.2, 0) is 4.79 Å². The van der Waals surface area contributed by atoms with Crippen molar-refractivity contribution in [2.24, 2.45) is 4.99 Å². The second-order valence-corrected chi connectivity index (χ2v) is 3.04. The SMILES string of the molecule is CN(NC(=O)CCCl)C1=NCCN1.I. The molecule has 0 spiro atoms. The molecule has 14 heavy (non-hydrogen) atoms. The van der Waals surface area contributed by atoms with Crippen LogP contribution < -0.4 is 10.7 Å². The highest BCUT2D eigenvalue weighted by Crippen LogP contribution is 1.90. The maximum Gasteiger partial charge on any atom is 0.239 e. The summed E-state index contributed by atoms with van der Waals surface area (Å²) >= 11 is 5.41. The molecule has 0 aromatic rings. The van der Waals surface area contributed by atoms with Crippen LogP contribution in [0.25, 0.3) is 0 Å². The van der Waals surface area contributed by atoms with Gasteiger partial charge in [0, 0.05) is 25.9 Å². The lowest BCUT2D eigenvalue weighted by Crippen LogP contribution is -2.47. The van der Waals surface area contributed by atoms with Crippen molar-refractivity contribution in [3.8, 4) is 0 Å². The summed E-state index contributed by atoms with van der Waals surface area (Å²) in [6.07, 6.45) is 0.319. The molecule has 0 unspecified atom stereocenters. The van der Waals surface area contributed by atoms with Crippen molar-refractivity contribution < 1.29 is 4.79 Å². The van der Waals surface area contributed by atoms with E-state index < -0.39 is 0 Å². The van der Waals surface area contributed by atoms with Gasteiger partial charge in [-0.2, -0.15) is 0 Å². The molecule has 7 heteroatoms. The van der Waals surface area contributed by atoms with Gasteiger partial charge in [0.1, 0.15) is 0 Å². The second-order valence-electron chi connectivity index (χ2n) is 2.67. The molecule has 1 aliphatic heterocycles. The normalized spacial score (nSPS) is 13.7. The van der Waals surface area contributed by atoms with E-state index in [1.165, 1.54) is 0 Å². The Morgan fingerprint density at radius 3 is 3.00 bits per heavy atom. The maximum absolute atomic E-state index is 11.1. The van der Waals surface area contributed by atoms with Gasteiger partial charge >= 0.3 is 0 Å². The van der Waals surface area contributed by atoms with Gasteiger partial charge in [0.15, 0.2) is 0 Å². The molecule has 0 bridgehead atoms. The number of guanidine groups is 1. The standard InChI is InChI=1S/C7H13ClN4O.HI/c1-12(7-9-4-5-10-7)11-6(13)2-3-8;/h2-5H2,1H3,(H,9,10)(H,11,13);1H. The minimum Gasteiger partial charge on any atom is -0.353 e. The summed E-state index contributed by atoms with van der Waals surface area (Å²) in [4.78, 5) is 15.2. The lowest BCUT2D eigenvalue weighted by Gasteiger charge is -2.19. The topological polar surface area (TPSA) is 56.7 Å². The summed E-state index contributed by atoms with van der Waals surface area (Å²) in [7, 11) is 1.74. The van der Waals surface area contributed by atoms with E-state index in [1.807, 2.05) is 0 Å². The van der Waals surface area contributed by atoms with E-state index in [1.54, 1.807) is 12.1 Å². The zero-order valence-electron chi connectivity index (χ0n) is 7.92. The Bertz CT molecular complexity index is 224. The molecule has 0 aliphatic carbocycles. The molecule has 1 rings (SSSR count). The van der Waals surface area contributed by atoms with Gasteiger partial charge in [-0.15, -0.1) is 35.6 Å². The van der Waals surface area contributed by atoms with Crippen LogP contribution >= 0.6 is 35.6 Å². The Morgan fingerprint density at radius 1 is 1.79 bits per heavy atom. The average molecular weight is 333 g/mol. The number of nitrogens with one attached hydrogen (secondary N) is 2. The van der Waals surface area contributed by atoms with Gasteiger partial charge in [-0.3, -0.25) is 15.2 Å². The quantitative estimate of drug-likeness (QED) is 0.430. The number of carbonyl (C=O) groups excluding carboxylic acids is 1. The van der Waals surface area contributed by atoms with Crippen LogP contribution in [0.15, 0.2) is 4.99 Å². The molecule has 0 saturated carbocycles. The second kappa shape index (κ2) is 7.10. The highest BCUT2D eigenvalue weighted by Gasteiger charge is 2.11. The van der Waals surface area contributed by atoms with Gasteiger partial charge in [0.2, 0.25) is 11.9 Å². The molecule has 0 atom stereocenters. The van der Waals surface area contributed by atoms with E-state index in [9.17, 15) is 4.79 Å². The lowest BCUT2D eigenvalue weighted by atomic mass is 10.5. The maximum atomic E-state index is 11.1. The monoisotopic (exact) mass is 332 g/mol. The van der Waals surface area contributed by atoms with Gasteiger partial charge in [-0.25, -0.2) is 4.99 Å². The molecular weight excluding hydrogens is 318 g/mol. The van der Waals surface area contributed by atoms with Crippen LogP contribution in [0.5, 0.6) is 0 Å². The minimum atomic E-state index is -0.103.